The average Bonchev–Trinajstić information content (AvgIpc) is 3.18. The van der Waals surface area contributed by atoms with Gasteiger partial charge in [-0.25, -0.2) is 9.67 Å². The summed E-state index contributed by atoms with van der Waals surface area (Å²) in [7, 11) is 0. The number of hydrogen-bond donors (Lipinski definition) is 0. The van der Waals surface area contributed by atoms with Gasteiger partial charge in [0.05, 0.1) is 30.0 Å². The van der Waals surface area contributed by atoms with Crippen LogP contribution in [0.5, 0.6) is 0 Å². The van der Waals surface area contributed by atoms with Gasteiger partial charge in [-0.2, -0.15) is 5.10 Å². The minimum absolute atomic E-state index is 0.0813. The summed E-state index contributed by atoms with van der Waals surface area (Å²) in [4.78, 5) is 20.3. The molecule has 32 heavy (non-hydrogen) atoms. The highest BCUT2D eigenvalue weighted by Gasteiger charge is 2.30. The maximum Gasteiger partial charge on any atom is 0.283 e. The smallest absolute Gasteiger partial charge is 0.283 e. The molecule has 4 aromatic rings. The zero-order valence-electron chi connectivity index (χ0n) is 18.5. The fourth-order valence-electron chi connectivity index (χ4n) is 3.85. The number of rotatable bonds is 8. The molecule has 1 fully saturated rings. The SMILES string of the molecule is CCCN(Cc1nnc(-c2ccco2)o1)C(=O)c1cc(C2CC2)nc2c1cnn2C(C)C. The first-order valence-corrected chi connectivity index (χ1v) is 11.1. The second-order valence-corrected chi connectivity index (χ2v) is 8.49. The molecule has 0 atom stereocenters. The van der Waals surface area contributed by atoms with Crippen molar-refractivity contribution >= 4 is 16.9 Å². The van der Waals surface area contributed by atoms with Crippen LogP contribution in [0.15, 0.2) is 39.5 Å². The number of aromatic nitrogens is 5. The molecule has 0 N–H and O–H groups in total. The molecule has 1 amide bonds. The third-order valence-electron chi connectivity index (χ3n) is 5.61. The summed E-state index contributed by atoms with van der Waals surface area (Å²) in [6, 6.07) is 5.61. The quantitative estimate of drug-likeness (QED) is 0.400. The Morgan fingerprint density at radius 2 is 2.16 bits per heavy atom. The van der Waals surface area contributed by atoms with Crippen LogP contribution in [0.3, 0.4) is 0 Å². The maximum atomic E-state index is 13.7. The van der Waals surface area contributed by atoms with Gasteiger partial charge >= 0.3 is 0 Å². The van der Waals surface area contributed by atoms with Gasteiger partial charge in [0, 0.05) is 24.2 Å². The molecule has 1 aliphatic carbocycles. The summed E-state index contributed by atoms with van der Waals surface area (Å²) < 4.78 is 13.0. The van der Waals surface area contributed by atoms with E-state index in [1.54, 1.807) is 29.5 Å². The number of furan rings is 1. The van der Waals surface area contributed by atoms with Crippen molar-refractivity contribution in [3.05, 3.63) is 47.8 Å². The molecule has 0 saturated heterocycles. The Labute approximate surface area is 185 Å². The van der Waals surface area contributed by atoms with Crippen LogP contribution in [0.2, 0.25) is 0 Å². The molecule has 0 radical (unpaired) electrons. The maximum absolute atomic E-state index is 13.7. The zero-order valence-corrected chi connectivity index (χ0v) is 18.5. The van der Waals surface area contributed by atoms with Crippen LogP contribution < -0.4 is 0 Å². The fraction of sp³-hybridized carbons (Fsp3) is 0.435. The lowest BCUT2D eigenvalue weighted by atomic mass is 10.1. The molecule has 0 aromatic carbocycles. The van der Waals surface area contributed by atoms with Gasteiger partial charge < -0.3 is 13.7 Å². The van der Waals surface area contributed by atoms with E-state index in [1.165, 1.54) is 0 Å². The molecule has 166 valence electrons. The molecular weight excluding hydrogens is 408 g/mol. The lowest BCUT2D eigenvalue weighted by Gasteiger charge is -2.21. The highest BCUT2D eigenvalue weighted by atomic mass is 16.4. The lowest BCUT2D eigenvalue weighted by molar-refractivity contribution is 0.0730. The molecule has 9 heteroatoms. The summed E-state index contributed by atoms with van der Waals surface area (Å²) in [6.07, 6.45) is 6.32. The van der Waals surface area contributed by atoms with Crippen molar-refractivity contribution < 1.29 is 13.6 Å². The number of pyridine rings is 1. The number of fused-ring (bicyclic) bond motifs is 1. The van der Waals surface area contributed by atoms with E-state index in [0.29, 0.717) is 35.6 Å². The summed E-state index contributed by atoms with van der Waals surface area (Å²) in [6.45, 7) is 6.96. The Balaban J connectivity index is 1.49. The molecule has 4 heterocycles. The first-order chi connectivity index (χ1) is 15.5. The number of carbonyl (C=O) groups excluding carboxylic acids is 1. The van der Waals surface area contributed by atoms with Crippen molar-refractivity contribution in [2.75, 3.05) is 6.54 Å². The number of carbonyl (C=O) groups is 1. The first-order valence-electron chi connectivity index (χ1n) is 11.1. The number of amides is 1. The van der Waals surface area contributed by atoms with Gasteiger partial charge in [0.15, 0.2) is 11.4 Å². The summed E-state index contributed by atoms with van der Waals surface area (Å²) in [5, 5.41) is 13.5. The molecular formula is C23H26N6O3. The molecule has 0 spiro atoms. The predicted octanol–water partition coefficient (Wildman–Crippen LogP) is 4.59. The minimum Gasteiger partial charge on any atom is -0.459 e. The van der Waals surface area contributed by atoms with Gasteiger partial charge in [0.2, 0.25) is 5.89 Å². The monoisotopic (exact) mass is 434 g/mol. The van der Waals surface area contributed by atoms with Crippen molar-refractivity contribution in [2.45, 2.75) is 58.5 Å². The summed E-state index contributed by atoms with van der Waals surface area (Å²) in [5.41, 5.74) is 2.36. The largest absolute Gasteiger partial charge is 0.459 e. The van der Waals surface area contributed by atoms with Gasteiger partial charge in [-0.1, -0.05) is 6.92 Å². The molecule has 0 unspecified atom stereocenters. The van der Waals surface area contributed by atoms with Crippen LogP contribution in [0.25, 0.3) is 22.7 Å². The topological polar surface area (TPSA) is 103 Å². The molecule has 1 aliphatic rings. The van der Waals surface area contributed by atoms with E-state index in [4.69, 9.17) is 13.8 Å². The zero-order chi connectivity index (χ0) is 22.2. The standard InChI is InChI=1S/C23H26N6O3/c1-4-9-28(13-20-26-27-22(32-20)19-6-5-10-31-19)23(30)16-11-18(15-7-8-15)25-21-17(16)12-24-29(21)14(2)3/h5-6,10-12,14-15H,4,7-9,13H2,1-3H3. The fourth-order valence-corrected chi connectivity index (χ4v) is 3.85. The summed E-state index contributed by atoms with van der Waals surface area (Å²) >= 11 is 0. The van der Waals surface area contributed by atoms with Gasteiger partial charge in [-0.3, -0.25) is 4.79 Å². The van der Waals surface area contributed by atoms with E-state index in [-0.39, 0.29) is 18.5 Å². The highest BCUT2D eigenvalue weighted by Crippen LogP contribution is 2.40. The van der Waals surface area contributed by atoms with E-state index in [0.717, 1.165) is 36.0 Å². The molecule has 1 saturated carbocycles. The van der Waals surface area contributed by atoms with Gasteiger partial charge in [-0.15, -0.1) is 10.2 Å². The third-order valence-corrected chi connectivity index (χ3v) is 5.61. The highest BCUT2D eigenvalue weighted by molar-refractivity contribution is 6.05. The average molecular weight is 435 g/mol. The van der Waals surface area contributed by atoms with Crippen LogP contribution >= 0.6 is 0 Å². The molecule has 0 bridgehead atoms. The Kier molecular flexibility index (Phi) is 5.24. The predicted molar refractivity (Wildman–Crippen MR) is 117 cm³/mol. The lowest BCUT2D eigenvalue weighted by Crippen LogP contribution is -2.31. The van der Waals surface area contributed by atoms with E-state index < -0.39 is 0 Å². The van der Waals surface area contributed by atoms with Crippen molar-refractivity contribution in [1.82, 2.24) is 29.9 Å². The van der Waals surface area contributed by atoms with Crippen molar-refractivity contribution in [3.63, 3.8) is 0 Å². The Hall–Kier alpha value is -3.49. The van der Waals surface area contributed by atoms with Gasteiger partial charge in [0.25, 0.3) is 11.8 Å². The second kappa shape index (κ2) is 8.22. The van der Waals surface area contributed by atoms with Crippen LogP contribution in [0.1, 0.15) is 73.9 Å². The molecule has 5 rings (SSSR count). The molecule has 0 aliphatic heterocycles. The minimum atomic E-state index is -0.0813. The van der Waals surface area contributed by atoms with Crippen molar-refractivity contribution in [1.29, 1.82) is 0 Å². The van der Waals surface area contributed by atoms with Gasteiger partial charge in [-0.05, 0) is 51.3 Å². The number of nitrogens with zero attached hydrogens (tertiary/aromatic N) is 6. The van der Waals surface area contributed by atoms with Crippen molar-refractivity contribution in [3.8, 4) is 11.7 Å². The summed E-state index contributed by atoms with van der Waals surface area (Å²) in [5.74, 6) is 1.51. The molecule has 4 aromatic heterocycles. The van der Waals surface area contributed by atoms with Crippen molar-refractivity contribution in [2.24, 2.45) is 0 Å². The van der Waals surface area contributed by atoms with Crippen LogP contribution in [0.4, 0.5) is 0 Å². The second-order valence-electron chi connectivity index (χ2n) is 8.49. The van der Waals surface area contributed by atoms with Crippen LogP contribution in [-0.2, 0) is 6.54 Å². The Morgan fingerprint density at radius 3 is 2.84 bits per heavy atom. The van der Waals surface area contributed by atoms with E-state index in [1.807, 2.05) is 17.7 Å². The van der Waals surface area contributed by atoms with E-state index >= 15 is 0 Å². The van der Waals surface area contributed by atoms with Crippen LogP contribution in [0, 0.1) is 0 Å². The Bertz CT molecular complexity index is 1240. The van der Waals surface area contributed by atoms with Gasteiger partial charge in [0.1, 0.15) is 0 Å². The first kappa shape index (κ1) is 20.4. The molecule has 9 nitrogen and oxygen atoms in total. The number of hydrogen-bond acceptors (Lipinski definition) is 7. The van der Waals surface area contributed by atoms with E-state index in [2.05, 4.69) is 29.1 Å². The normalized spacial score (nSPS) is 13.9. The third kappa shape index (κ3) is 3.79. The Morgan fingerprint density at radius 1 is 1.31 bits per heavy atom. The van der Waals surface area contributed by atoms with E-state index in [9.17, 15) is 4.79 Å². The van der Waals surface area contributed by atoms with Crippen LogP contribution in [-0.4, -0.2) is 42.3 Å².